The molecule has 0 saturated carbocycles. The van der Waals surface area contributed by atoms with Crippen LogP contribution in [0.1, 0.15) is 19.3 Å². The summed E-state index contributed by atoms with van der Waals surface area (Å²) in [7, 11) is 0. The van der Waals surface area contributed by atoms with E-state index in [-0.39, 0.29) is 18.5 Å². The number of hydrogen-bond acceptors (Lipinski definition) is 3. The van der Waals surface area contributed by atoms with Crippen LogP contribution in [0.15, 0.2) is 0 Å². The van der Waals surface area contributed by atoms with E-state index >= 15 is 0 Å². The number of piperidine rings is 3. The van der Waals surface area contributed by atoms with Gasteiger partial charge in [0, 0.05) is 12.1 Å². The van der Waals surface area contributed by atoms with Gasteiger partial charge in [0.25, 0.3) is 0 Å². The van der Waals surface area contributed by atoms with Gasteiger partial charge in [-0.2, -0.15) is 0 Å². The van der Waals surface area contributed by atoms with Gasteiger partial charge in [0.1, 0.15) is 0 Å². The minimum atomic E-state index is -0.729. The largest absolute Gasteiger partial charge is 0.481 e. The van der Waals surface area contributed by atoms with Crippen LogP contribution in [0.2, 0.25) is 0 Å². The summed E-state index contributed by atoms with van der Waals surface area (Å²) in [6, 6.07) is 0.170. The number of rotatable bonds is 2. The fourth-order valence-corrected chi connectivity index (χ4v) is 2.64. The smallest absolute Gasteiger partial charge is 0.304 e. The SMILES string of the molecule is NC1C2CCN(CC2)C1CC(=O)O. The molecule has 0 radical (unpaired) electrons. The van der Waals surface area contributed by atoms with Crippen LogP contribution in [0.5, 0.6) is 0 Å². The van der Waals surface area contributed by atoms with Crippen molar-refractivity contribution in [2.75, 3.05) is 13.1 Å². The molecule has 3 rings (SSSR count). The molecule has 2 atom stereocenters. The quantitative estimate of drug-likeness (QED) is 0.628. The van der Waals surface area contributed by atoms with Gasteiger partial charge in [-0.1, -0.05) is 0 Å². The Morgan fingerprint density at radius 3 is 2.54 bits per heavy atom. The second-order valence-corrected chi connectivity index (χ2v) is 4.12. The van der Waals surface area contributed by atoms with E-state index in [9.17, 15) is 4.79 Å². The van der Waals surface area contributed by atoms with Gasteiger partial charge in [-0.3, -0.25) is 9.69 Å². The lowest BCUT2D eigenvalue weighted by atomic mass is 9.78. The Labute approximate surface area is 77.7 Å². The first-order chi connectivity index (χ1) is 6.18. The third-order valence-corrected chi connectivity index (χ3v) is 3.42. The first-order valence-electron chi connectivity index (χ1n) is 4.90. The molecule has 4 nitrogen and oxygen atoms in total. The van der Waals surface area contributed by atoms with Crippen molar-refractivity contribution in [3.8, 4) is 0 Å². The first-order valence-corrected chi connectivity index (χ1v) is 4.90. The minimum absolute atomic E-state index is 0.0820. The van der Waals surface area contributed by atoms with E-state index in [0.717, 1.165) is 25.9 Å². The number of fused-ring (bicyclic) bond motifs is 3. The average molecular weight is 184 g/mol. The molecule has 0 aromatic heterocycles. The molecular weight excluding hydrogens is 168 g/mol. The van der Waals surface area contributed by atoms with Crippen LogP contribution in [-0.4, -0.2) is 41.1 Å². The molecule has 3 N–H and O–H groups in total. The first kappa shape index (κ1) is 8.97. The van der Waals surface area contributed by atoms with E-state index in [2.05, 4.69) is 4.90 Å². The lowest BCUT2D eigenvalue weighted by molar-refractivity contribution is -0.140. The Morgan fingerprint density at radius 2 is 2.08 bits per heavy atom. The summed E-state index contributed by atoms with van der Waals surface area (Å²) >= 11 is 0. The fraction of sp³-hybridized carbons (Fsp3) is 0.889. The predicted molar refractivity (Wildman–Crippen MR) is 48.3 cm³/mol. The second-order valence-electron chi connectivity index (χ2n) is 4.12. The zero-order chi connectivity index (χ0) is 9.42. The molecule has 3 heterocycles. The molecule has 0 aliphatic carbocycles. The summed E-state index contributed by atoms with van der Waals surface area (Å²) in [6.45, 7) is 2.08. The highest BCUT2D eigenvalue weighted by Crippen LogP contribution is 2.32. The van der Waals surface area contributed by atoms with Gasteiger partial charge < -0.3 is 10.8 Å². The van der Waals surface area contributed by atoms with Gasteiger partial charge in [-0.05, 0) is 31.8 Å². The van der Waals surface area contributed by atoms with Crippen LogP contribution in [-0.2, 0) is 4.79 Å². The lowest BCUT2D eigenvalue weighted by Crippen LogP contribution is -2.61. The molecule has 74 valence electrons. The van der Waals surface area contributed by atoms with Crippen LogP contribution in [0, 0.1) is 5.92 Å². The third kappa shape index (κ3) is 1.56. The van der Waals surface area contributed by atoms with Gasteiger partial charge in [0.2, 0.25) is 0 Å². The summed E-state index contributed by atoms with van der Waals surface area (Å²) in [6.07, 6.45) is 2.51. The second kappa shape index (κ2) is 3.27. The van der Waals surface area contributed by atoms with Crippen molar-refractivity contribution in [1.29, 1.82) is 0 Å². The van der Waals surface area contributed by atoms with Crippen LogP contribution in [0.4, 0.5) is 0 Å². The number of carboxylic acids is 1. The monoisotopic (exact) mass is 184 g/mol. The highest BCUT2D eigenvalue weighted by atomic mass is 16.4. The van der Waals surface area contributed by atoms with Gasteiger partial charge in [-0.25, -0.2) is 0 Å². The number of nitrogens with zero attached hydrogens (tertiary/aromatic N) is 1. The Morgan fingerprint density at radius 1 is 1.46 bits per heavy atom. The van der Waals surface area contributed by atoms with E-state index in [1.807, 2.05) is 0 Å². The number of nitrogens with two attached hydrogens (primary N) is 1. The Hall–Kier alpha value is -0.610. The molecule has 0 spiro atoms. The predicted octanol–water partition coefficient (Wildman–Crippen LogP) is -0.117. The van der Waals surface area contributed by atoms with Crippen LogP contribution >= 0.6 is 0 Å². The molecule has 3 fully saturated rings. The number of aliphatic carboxylic acids is 1. The molecule has 2 bridgehead atoms. The fourth-order valence-electron chi connectivity index (χ4n) is 2.64. The normalized spacial score (nSPS) is 43.5. The number of hydrogen-bond donors (Lipinski definition) is 2. The summed E-state index contributed by atoms with van der Waals surface area (Å²) in [5, 5.41) is 8.73. The maximum atomic E-state index is 10.6. The molecule has 0 aromatic carbocycles. The van der Waals surface area contributed by atoms with E-state index in [0.29, 0.717) is 5.92 Å². The van der Waals surface area contributed by atoms with Crippen LogP contribution in [0.25, 0.3) is 0 Å². The van der Waals surface area contributed by atoms with E-state index in [1.54, 1.807) is 0 Å². The van der Waals surface area contributed by atoms with Crippen LogP contribution in [0.3, 0.4) is 0 Å². The summed E-state index contributed by atoms with van der Waals surface area (Å²) in [4.78, 5) is 12.8. The highest BCUT2D eigenvalue weighted by molar-refractivity contribution is 5.67. The molecule has 0 aromatic rings. The molecule has 3 aliphatic heterocycles. The van der Waals surface area contributed by atoms with E-state index < -0.39 is 5.97 Å². The molecule has 3 aliphatic rings. The number of carboxylic acid groups (broad SMARTS) is 1. The van der Waals surface area contributed by atoms with Crippen molar-refractivity contribution in [2.45, 2.75) is 31.3 Å². The summed E-state index contributed by atoms with van der Waals surface area (Å²) in [5.74, 6) is -0.164. The Kier molecular flexibility index (Phi) is 2.26. The Bertz CT molecular complexity index is 210. The van der Waals surface area contributed by atoms with E-state index in [4.69, 9.17) is 10.8 Å². The number of carbonyl (C=O) groups is 1. The third-order valence-electron chi connectivity index (χ3n) is 3.42. The molecule has 2 unspecified atom stereocenters. The molecule has 3 saturated heterocycles. The van der Waals surface area contributed by atoms with Crippen molar-refractivity contribution in [3.63, 3.8) is 0 Å². The van der Waals surface area contributed by atoms with Crippen LogP contribution < -0.4 is 5.73 Å². The average Bonchev–Trinajstić information content (AvgIpc) is 2.11. The van der Waals surface area contributed by atoms with Gasteiger partial charge in [0.15, 0.2) is 0 Å². The summed E-state index contributed by atoms with van der Waals surface area (Å²) < 4.78 is 0. The highest BCUT2D eigenvalue weighted by Gasteiger charge is 2.40. The molecule has 4 heteroatoms. The van der Waals surface area contributed by atoms with Crippen molar-refractivity contribution < 1.29 is 9.90 Å². The van der Waals surface area contributed by atoms with Crippen molar-refractivity contribution in [1.82, 2.24) is 4.90 Å². The Balaban J connectivity index is 2.05. The molecular formula is C9H16N2O2. The minimum Gasteiger partial charge on any atom is -0.481 e. The topological polar surface area (TPSA) is 66.6 Å². The summed E-state index contributed by atoms with van der Waals surface area (Å²) in [5.41, 5.74) is 6.01. The van der Waals surface area contributed by atoms with Crippen molar-refractivity contribution in [3.05, 3.63) is 0 Å². The zero-order valence-electron chi connectivity index (χ0n) is 7.65. The van der Waals surface area contributed by atoms with Gasteiger partial charge in [0.05, 0.1) is 6.42 Å². The van der Waals surface area contributed by atoms with E-state index in [1.165, 1.54) is 0 Å². The standard InChI is InChI=1S/C9H16N2O2/c10-9-6-1-3-11(4-2-6)7(9)5-8(12)13/h6-7,9H,1-5,10H2,(H,12,13). The molecule has 13 heavy (non-hydrogen) atoms. The maximum absolute atomic E-state index is 10.6. The lowest BCUT2D eigenvalue weighted by Gasteiger charge is -2.49. The zero-order valence-corrected chi connectivity index (χ0v) is 7.65. The molecule has 0 amide bonds. The van der Waals surface area contributed by atoms with Crippen molar-refractivity contribution >= 4 is 5.97 Å². The maximum Gasteiger partial charge on any atom is 0.304 e. The van der Waals surface area contributed by atoms with Crippen molar-refractivity contribution in [2.24, 2.45) is 11.7 Å². The van der Waals surface area contributed by atoms with Gasteiger partial charge in [-0.15, -0.1) is 0 Å². The van der Waals surface area contributed by atoms with Gasteiger partial charge >= 0.3 is 5.97 Å².